The SMILES string of the molecule is C=C(C)C1=Nn2c(CC)nnc2SC1. The number of aryl methyl sites for hydroxylation is 1. The van der Waals surface area contributed by atoms with Crippen LogP contribution in [0.25, 0.3) is 0 Å². The van der Waals surface area contributed by atoms with Gasteiger partial charge in [-0.25, -0.2) is 0 Å². The van der Waals surface area contributed by atoms with Crippen molar-refractivity contribution in [2.24, 2.45) is 5.10 Å². The van der Waals surface area contributed by atoms with Crippen LogP contribution in [0, 0.1) is 0 Å². The van der Waals surface area contributed by atoms with Gasteiger partial charge in [0.15, 0.2) is 5.82 Å². The number of hydrogen-bond acceptors (Lipinski definition) is 4. The number of allylic oxidation sites excluding steroid dienone is 1. The fourth-order valence-corrected chi connectivity index (χ4v) is 2.13. The molecule has 14 heavy (non-hydrogen) atoms. The third-order valence-electron chi connectivity index (χ3n) is 2.04. The lowest BCUT2D eigenvalue weighted by atomic mass is 10.2. The van der Waals surface area contributed by atoms with E-state index in [1.54, 1.807) is 11.8 Å². The second-order valence-corrected chi connectivity index (χ2v) is 4.12. The minimum absolute atomic E-state index is 0.844. The summed E-state index contributed by atoms with van der Waals surface area (Å²) in [4.78, 5) is 0. The topological polar surface area (TPSA) is 43.1 Å². The maximum absolute atomic E-state index is 4.46. The molecule has 0 radical (unpaired) electrons. The molecule has 1 aromatic rings. The van der Waals surface area contributed by atoms with E-state index in [0.717, 1.165) is 34.4 Å². The van der Waals surface area contributed by atoms with Gasteiger partial charge < -0.3 is 0 Å². The summed E-state index contributed by atoms with van der Waals surface area (Å²) in [7, 11) is 0. The summed E-state index contributed by atoms with van der Waals surface area (Å²) in [5.74, 6) is 1.75. The molecule has 2 rings (SSSR count). The maximum Gasteiger partial charge on any atom is 0.212 e. The molecule has 1 aliphatic heterocycles. The minimum atomic E-state index is 0.844. The second kappa shape index (κ2) is 3.57. The van der Waals surface area contributed by atoms with Crippen LogP contribution in [0.3, 0.4) is 0 Å². The zero-order valence-electron chi connectivity index (χ0n) is 8.32. The summed E-state index contributed by atoms with van der Waals surface area (Å²) in [6.07, 6.45) is 0.848. The molecule has 5 heteroatoms. The van der Waals surface area contributed by atoms with Crippen molar-refractivity contribution in [3.63, 3.8) is 0 Å². The molecule has 0 amide bonds. The Morgan fingerprint density at radius 3 is 3.00 bits per heavy atom. The van der Waals surface area contributed by atoms with Crippen LogP contribution in [0.1, 0.15) is 19.7 Å². The Balaban J connectivity index is 2.45. The number of fused-ring (bicyclic) bond motifs is 1. The molecule has 0 unspecified atom stereocenters. The van der Waals surface area contributed by atoms with E-state index in [2.05, 4.69) is 21.9 Å². The predicted molar refractivity (Wildman–Crippen MR) is 57.8 cm³/mol. The summed E-state index contributed by atoms with van der Waals surface area (Å²) in [5, 5.41) is 13.5. The normalized spacial score (nSPS) is 14.9. The molecular formula is C9H12N4S. The highest BCUT2D eigenvalue weighted by atomic mass is 32.2. The van der Waals surface area contributed by atoms with E-state index >= 15 is 0 Å². The van der Waals surface area contributed by atoms with Crippen LogP contribution >= 0.6 is 11.8 Å². The van der Waals surface area contributed by atoms with Gasteiger partial charge in [-0.3, -0.25) is 0 Å². The third-order valence-corrected chi connectivity index (χ3v) is 2.97. The molecule has 1 aliphatic rings. The molecule has 1 aromatic heterocycles. The van der Waals surface area contributed by atoms with Crippen LogP contribution in [0.2, 0.25) is 0 Å². The van der Waals surface area contributed by atoms with Gasteiger partial charge >= 0.3 is 0 Å². The predicted octanol–water partition coefficient (Wildman–Crippen LogP) is 1.73. The Morgan fingerprint density at radius 2 is 2.36 bits per heavy atom. The van der Waals surface area contributed by atoms with Crippen molar-refractivity contribution in [2.75, 3.05) is 5.75 Å². The summed E-state index contributed by atoms with van der Waals surface area (Å²) >= 11 is 1.66. The number of aromatic nitrogens is 3. The van der Waals surface area contributed by atoms with E-state index < -0.39 is 0 Å². The van der Waals surface area contributed by atoms with Crippen LogP contribution in [-0.4, -0.2) is 26.3 Å². The lowest BCUT2D eigenvalue weighted by Gasteiger charge is -2.12. The van der Waals surface area contributed by atoms with E-state index in [1.165, 1.54) is 0 Å². The van der Waals surface area contributed by atoms with Gasteiger partial charge in [0.1, 0.15) is 0 Å². The van der Waals surface area contributed by atoms with Gasteiger partial charge in [0.2, 0.25) is 5.16 Å². The molecule has 0 bridgehead atoms. The largest absolute Gasteiger partial charge is 0.212 e. The Hall–Kier alpha value is -1.10. The summed E-state index contributed by atoms with van der Waals surface area (Å²) in [6.45, 7) is 7.91. The molecule has 0 saturated carbocycles. The van der Waals surface area contributed by atoms with E-state index in [1.807, 2.05) is 18.5 Å². The number of rotatable bonds is 2. The average molecular weight is 208 g/mol. The Kier molecular flexibility index (Phi) is 2.41. The second-order valence-electron chi connectivity index (χ2n) is 3.18. The molecule has 0 spiro atoms. The minimum Gasteiger partial charge on any atom is -0.191 e. The van der Waals surface area contributed by atoms with Gasteiger partial charge in [-0.2, -0.15) is 9.78 Å². The van der Waals surface area contributed by atoms with Gasteiger partial charge in [0.05, 0.1) is 5.71 Å². The first-order valence-corrected chi connectivity index (χ1v) is 5.51. The van der Waals surface area contributed by atoms with E-state index in [9.17, 15) is 0 Å². The standard InChI is InChI=1S/C9H12N4S/c1-4-8-10-11-9-13(8)12-7(5-14-9)6(2)3/h2,4-5H2,1,3H3. The highest BCUT2D eigenvalue weighted by Crippen LogP contribution is 2.23. The Bertz CT molecular complexity index is 405. The fourth-order valence-electron chi connectivity index (χ4n) is 1.20. The highest BCUT2D eigenvalue weighted by Gasteiger charge is 2.17. The molecule has 0 aliphatic carbocycles. The van der Waals surface area contributed by atoms with Crippen molar-refractivity contribution in [1.82, 2.24) is 14.9 Å². The molecule has 0 fully saturated rings. The highest BCUT2D eigenvalue weighted by molar-refractivity contribution is 7.99. The molecule has 2 heterocycles. The maximum atomic E-state index is 4.46. The van der Waals surface area contributed by atoms with Gasteiger partial charge in [0.25, 0.3) is 0 Å². The van der Waals surface area contributed by atoms with Crippen molar-refractivity contribution in [1.29, 1.82) is 0 Å². The Labute approximate surface area is 87.1 Å². The van der Waals surface area contributed by atoms with Crippen LogP contribution < -0.4 is 0 Å². The van der Waals surface area contributed by atoms with E-state index in [0.29, 0.717) is 0 Å². The van der Waals surface area contributed by atoms with Crippen molar-refractivity contribution in [2.45, 2.75) is 25.4 Å². The molecular weight excluding hydrogens is 196 g/mol. The first kappa shape index (κ1) is 9.45. The van der Waals surface area contributed by atoms with Crippen molar-refractivity contribution in [3.8, 4) is 0 Å². The lowest BCUT2D eigenvalue weighted by molar-refractivity contribution is 0.713. The third kappa shape index (κ3) is 1.48. The number of hydrogen-bond donors (Lipinski definition) is 0. The quantitative estimate of drug-likeness (QED) is 0.743. The van der Waals surface area contributed by atoms with E-state index in [4.69, 9.17) is 0 Å². The van der Waals surface area contributed by atoms with E-state index in [-0.39, 0.29) is 0 Å². The molecule has 0 N–H and O–H groups in total. The van der Waals surface area contributed by atoms with Gasteiger partial charge in [-0.1, -0.05) is 25.3 Å². The number of nitrogens with zero attached hydrogens (tertiary/aromatic N) is 4. The molecule has 0 aromatic carbocycles. The first-order valence-electron chi connectivity index (χ1n) is 4.53. The summed E-state index contributed by atoms with van der Waals surface area (Å²) in [5.41, 5.74) is 2.04. The van der Waals surface area contributed by atoms with Gasteiger partial charge in [-0.15, -0.1) is 10.2 Å². The van der Waals surface area contributed by atoms with Gasteiger partial charge in [0, 0.05) is 12.2 Å². The fraction of sp³-hybridized carbons (Fsp3) is 0.444. The van der Waals surface area contributed by atoms with Crippen molar-refractivity contribution in [3.05, 3.63) is 18.0 Å². The lowest BCUT2D eigenvalue weighted by Crippen LogP contribution is -2.13. The van der Waals surface area contributed by atoms with Crippen molar-refractivity contribution >= 4 is 17.5 Å². The summed E-state index contributed by atoms with van der Waals surface area (Å²) < 4.78 is 1.82. The summed E-state index contributed by atoms with van der Waals surface area (Å²) in [6, 6.07) is 0. The molecule has 74 valence electrons. The molecule has 0 saturated heterocycles. The van der Waals surface area contributed by atoms with Crippen LogP contribution in [0.4, 0.5) is 0 Å². The Morgan fingerprint density at radius 1 is 1.57 bits per heavy atom. The number of thioether (sulfide) groups is 1. The average Bonchev–Trinajstić information content (AvgIpc) is 2.59. The zero-order valence-corrected chi connectivity index (χ0v) is 9.13. The van der Waals surface area contributed by atoms with Crippen LogP contribution in [0.15, 0.2) is 22.4 Å². The smallest absolute Gasteiger partial charge is 0.191 e. The van der Waals surface area contributed by atoms with Crippen LogP contribution in [0.5, 0.6) is 0 Å². The monoisotopic (exact) mass is 208 g/mol. The zero-order chi connectivity index (χ0) is 10.1. The van der Waals surface area contributed by atoms with Gasteiger partial charge in [-0.05, 0) is 12.5 Å². The first-order chi connectivity index (χ1) is 6.72. The molecule has 4 nitrogen and oxygen atoms in total. The van der Waals surface area contributed by atoms with Crippen molar-refractivity contribution < 1.29 is 0 Å². The van der Waals surface area contributed by atoms with Crippen LogP contribution in [-0.2, 0) is 6.42 Å². The molecule has 0 atom stereocenters.